The molecule has 0 aliphatic rings. The molecule has 0 fully saturated rings. The number of ketones is 1. The van der Waals surface area contributed by atoms with Crippen molar-refractivity contribution < 1.29 is 9.53 Å². The van der Waals surface area contributed by atoms with Gasteiger partial charge < -0.3 is 4.74 Å². The van der Waals surface area contributed by atoms with E-state index in [-0.39, 0.29) is 5.78 Å². The summed E-state index contributed by atoms with van der Waals surface area (Å²) in [7, 11) is 0. The third-order valence-electron chi connectivity index (χ3n) is 2.53. The lowest BCUT2D eigenvalue weighted by Crippen LogP contribution is -2.01. The van der Waals surface area contributed by atoms with E-state index in [1.54, 1.807) is 11.3 Å². The van der Waals surface area contributed by atoms with Crippen molar-refractivity contribution in [1.29, 1.82) is 0 Å². The van der Waals surface area contributed by atoms with E-state index in [0.29, 0.717) is 12.2 Å². The van der Waals surface area contributed by atoms with Crippen LogP contribution in [0.2, 0.25) is 0 Å². The first-order valence-electron chi connectivity index (χ1n) is 5.52. The monoisotopic (exact) mass is 246 g/mol. The van der Waals surface area contributed by atoms with E-state index in [0.717, 1.165) is 16.9 Å². The van der Waals surface area contributed by atoms with Crippen LogP contribution in [0.4, 0.5) is 0 Å². The average Bonchev–Trinajstić information content (AvgIpc) is 2.76. The van der Waals surface area contributed by atoms with Gasteiger partial charge in [0, 0.05) is 16.5 Å². The molecule has 1 aromatic heterocycles. The lowest BCUT2D eigenvalue weighted by Gasteiger charge is -2.04. The van der Waals surface area contributed by atoms with Gasteiger partial charge >= 0.3 is 0 Å². The van der Waals surface area contributed by atoms with E-state index >= 15 is 0 Å². The van der Waals surface area contributed by atoms with Gasteiger partial charge in [-0.05, 0) is 49.1 Å². The predicted octanol–water partition coefficient (Wildman–Crippen LogP) is 3.69. The highest BCUT2D eigenvalue weighted by atomic mass is 32.1. The lowest BCUT2D eigenvalue weighted by molar-refractivity contribution is 0.103. The molecule has 0 saturated carbocycles. The van der Waals surface area contributed by atoms with Gasteiger partial charge in [-0.1, -0.05) is 0 Å². The maximum Gasteiger partial charge on any atom is 0.194 e. The predicted molar refractivity (Wildman–Crippen MR) is 70.1 cm³/mol. The zero-order valence-corrected chi connectivity index (χ0v) is 10.7. The van der Waals surface area contributed by atoms with Gasteiger partial charge in [-0.15, -0.1) is 0 Å². The number of hydrogen-bond donors (Lipinski definition) is 0. The molecular weight excluding hydrogens is 232 g/mol. The van der Waals surface area contributed by atoms with E-state index in [4.69, 9.17) is 4.74 Å². The topological polar surface area (TPSA) is 26.3 Å². The van der Waals surface area contributed by atoms with Crippen LogP contribution < -0.4 is 4.74 Å². The lowest BCUT2D eigenvalue weighted by atomic mass is 10.0. The van der Waals surface area contributed by atoms with Crippen molar-refractivity contribution in [3.05, 3.63) is 51.7 Å². The molecule has 0 bridgehead atoms. The number of carbonyl (C=O) groups is 1. The third-order valence-corrected chi connectivity index (χ3v) is 3.39. The van der Waals surface area contributed by atoms with Gasteiger partial charge in [-0.25, -0.2) is 0 Å². The van der Waals surface area contributed by atoms with Gasteiger partial charge in [0.05, 0.1) is 6.61 Å². The number of benzene rings is 1. The molecule has 0 amide bonds. The first kappa shape index (κ1) is 11.9. The van der Waals surface area contributed by atoms with Crippen LogP contribution in [0.3, 0.4) is 0 Å². The molecule has 0 radical (unpaired) electrons. The Hall–Kier alpha value is -1.61. The smallest absolute Gasteiger partial charge is 0.194 e. The van der Waals surface area contributed by atoms with Gasteiger partial charge in [-0.2, -0.15) is 11.3 Å². The van der Waals surface area contributed by atoms with Crippen molar-refractivity contribution in [3.63, 3.8) is 0 Å². The van der Waals surface area contributed by atoms with E-state index in [1.807, 2.05) is 48.9 Å². The first-order valence-corrected chi connectivity index (χ1v) is 6.47. The Labute approximate surface area is 105 Å². The van der Waals surface area contributed by atoms with Gasteiger partial charge in [-0.3, -0.25) is 4.79 Å². The highest BCUT2D eigenvalue weighted by Crippen LogP contribution is 2.20. The van der Waals surface area contributed by atoms with Crippen molar-refractivity contribution in [1.82, 2.24) is 0 Å². The zero-order chi connectivity index (χ0) is 12.3. The van der Waals surface area contributed by atoms with E-state index in [9.17, 15) is 4.79 Å². The Bertz CT molecular complexity index is 511. The molecule has 3 heteroatoms. The van der Waals surface area contributed by atoms with Crippen molar-refractivity contribution in [2.24, 2.45) is 0 Å². The molecule has 2 nitrogen and oxygen atoms in total. The van der Waals surface area contributed by atoms with Crippen LogP contribution in [0.25, 0.3) is 0 Å². The minimum absolute atomic E-state index is 0.0757. The quantitative estimate of drug-likeness (QED) is 0.769. The normalized spacial score (nSPS) is 10.2. The summed E-state index contributed by atoms with van der Waals surface area (Å²) in [4.78, 5) is 12.2. The Morgan fingerprint density at radius 2 is 1.94 bits per heavy atom. The second-order valence-electron chi connectivity index (χ2n) is 3.75. The van der Waals surface area contributed by atoms with Crippen LogP contribution in [0.15, 0.2) is 35.0 Å². The molecule has 0 N–H and O–H groups in total. The van der Waals surface area contributed by atoms with E-state index in [1.165, 1.54) is 0 Å². The summed E-state index contributed by atoms with van der Waals surface area (Å²) in [5.41, 5.74) is 2.53. The second kappa shape index (κ2) is 5.15. The molecule has 0 atom stereocenters. The van der Waals surface area contributed by atoms with Crippen molar-refractivity contribution in [3.8, 4) is 5.75 Å². The number of carbonyl (C=O) groups excluding carboxylic acids is 1. The van der Waals surface area contributed by atoms with Crippen LogP contribution in [0.5, 0.6) is 5.75 Å². The van der Waals surface area contributed by atoms with Gasteiger partial charge in [0.15, 0.2) is 5.78 Å². The van der Waals surface area contributed by atoms with Crippen molar-refractivity contribution in [2.75, 3.05) is 6.61 Å². The summed E-state index contributed by atoms with van der Waals surface area (Å²) >= 11 is 1.55. The summed E-state index contributed by atoms with van der Waals surface area (Å²) in [6, 6.07) is 7.28. The molecule has 17 heavy (non-hydrogen) atoms. The summed E-state index contributed by atoms with van der Waals surface area (Å²) < 4.78 is 5.35. The fourth-order valence-corrected chi connectivity index (χ4v) is 2.45. The molecular formula is C14H14O2S. The minimum atomic E-state index is 0.0757. The van der Waals surface area contributed by atoms with Gasteiger partial charge in [0.2, 0.25) is 0 Å². The van der Waals surface area contributed by atoms with Crippen LogP contribution in [-0.2, 0) is 0 Å². The Morgan fingerprint density at radius 3 is 2.47 bits per heavy atom. The van der Waals surface area contributed by atoms with Gasteiger partial charge in [0.25, 0.3) is 0 Å². The van der Waals surface area contributed by atoms with Crippen molar-refractivity contribution >= 4 is 17.1 Å². The number of thiophene rings is 1. The van der Waals surface area contributed by atoms with E-state index in [2.05, 4.69) is 0 Å². The molecule has 0 saturated heterocycles. The SMILES string of the molecule is CCOc1ccc(C(=O)c2cscc2C)cc1. The first-order chi connectivity index (χ1) is 8.22. The summed E-state index contributed by atoms with van der Waals surface area (Å²) in [6.07, 6.45) is 0. The third kappa shape index (κ3) is 2.56. The molecule has 0 aliphatic carbocycles. The summed E-state index contributed by atoms with van der Waals surface area (Å²) in [6.45, 7) is 4.53. The molecule has 1 heterocycles. The average molecular weight is 246 g/mol. The standard InChI is InChI=1S/C14H14O2S/c1-3-16-12-6-4-11(5-7-12)14(15)13-9-17-8-10(13)2/h4-9H,3H2,1-2H3. The molecule has 88 valence electrons. The maximum absolute atomic E-state index is 12.2. The van der Waals surface area contributed by atoms with Crippen molar-refractivity contribution in [2.45, 2.75) is 13.8 Å². The Kier molecular flexibility index (Phi) is 3.59. The molecule has 0 unspecified atom stereocenters. The van der Waals surface area contributed by atoms with Crippen LogP contribution in [0.1, 0.15) is 28.4 Å². The number of aryl methyl sites for hydroxylation is 1. The van der Waals surface area contributed by atoms with E-state index < -0.39 is 0 Å². The summed E-state index contributed by atoms with van der Waals surface area (Å²) in [5.74, 6) is 0.873. The largest absolute Gasteiger partial charge is 0.494 e. The number of hydrogen-bond acceptors (Lipinski definition) is 3. The maximum atomic E-state index is 12.2. The van der Waals surface area contributed by atoms with Gasteiger partial charge in [0.1, 0.15) is 5.75 Å². The Balaban J connectivity index is 2.23. The molecule has 2 rings (SSSR count). The second-order valence-corrected chi connectivity index (χ2v) is 4.50. The summed E-state index contributed by atoms with van der Waals surface area (Å²) in [5, 5.41) is 3.88. The molecule has 0 aliphatic heterocycles. The Morgan fingerprint density at radius 1 is 1.24 bits per heavy atom. The minimum Gasteiger partial charge on any atom is -0.494 e. The zero-order valence-electron chi connectivity index (χ0n) is 9.90. The fourth-order valence-electron chi connectivity index (χ4n) is 1.62. The highest BCUT2D eigenvalue weighted by molar-refractivity contribution is 7.08. The number of rotatable bonds is 4. The molecule has 2 aromatic rings. The number of ether oxygens (including phenoxy) is 1. The molecule has 0 spiro atoms. The highest BCUT2D eigenvalue weighted by Gasteiger charge is 2.12. The fraction of sp³-hybridized carbons (Fsp3) is 0.214. The van der Waals surface area contributed by atoms with Crippen LogP contribution >= 0.6 is 11.3 Å². The molecule has 1 aromatic carbocycles. The van der Waals surface area contributed by atoms with Crippen LogP contribution in [-0.4, -0.2) is 12.4 Å². The van der Waals surface area contributed by atoms with Crippen LogP contribution in [0, 0.1) is 6.92 Å².